The van der Waals surface area contributed by atoms with Gasteiger partial charge in [0.05, 0.1) is 23.8 Å². The summed E-state index contributed by atoms with van der Waals surface area (Å²) in [4.78, 5) is 15.7. The monoisotopic (exact) mass is 412 g/mol. The van der Waals surface area contributed by atoms with Crippen molar-refractivity contribution in [1.82, 2.24) is 19.2 Å². The van der Waals surface area contributed by atoms with Crippen LogP contribution in [0.4, 0.5) is 0 Å². The molecule has 0 aliphatic carbocycles. The molecule has 3 aromatic heterocycles. The molecular weight excluding hydrogens is 392 g/mol. The molecule has 1 aliphatic heterocycles. The second-order valence-electron chi connectivity index (χ2n) is 7.63. The van der Waals surface area contributed by atoms with Crippen LogP contribution in [0, 0.1) is 17.6 Å². The summed E-state index contributed by atoms with van der Waals surface area (Å²) in [6.45, 7) is 6.85. The van der Waals surface area contributed by atoms with Crippen molar-refractivity contribution in [3.8, 4) is 5.69 Å². The first-order valence-corrected chi connectivity index (χ1v) is 10.5. The van der Waals surface area contributed by atoms with Gasteiger partial charge in [0.25, 0.3) is 5.56 Å². The molecule has 0 amide bonds. The molecule has 144 valence electrons. The van der Waals surface area contributed by atoms with Crippen LogP contribution in [0.1, 0.15) is 29.9 Å². The highest BCUT2D eigenvalue weighted by molar-refractivity contribution is 7.71. The van der Waals surface area contributed by atoms with Crippen LogP contribution in [0.3, 0.4) is 0 Å². The first kappa shape index (κ1) is 17.8. The number of aryl methyl sites for hydroxylation is 1. The molecule has 1 unspecified atom stereocenters. The zero-order valence-electron chi connectivity index (χ0n) is 15.9. The predicted octanol–water partition coefficient (Wildman–Crippen LogP) is 4.16. The van der Waals surface area contributed by atoms with Crippen LogP contribution in [0.5, 0.6) is 0 Å². The van der Waals surface area contributed by atoms with Gasteiger partial charge in [-0.05, 0) is 48.3 Å². The van der Waals surface area contributed by atoms with E-state index in [0.29, 0.717) is 23.1 Å². The molecule has 0 saturated heterocycles. The molecule has 1 atom stereocenters. The van der Waals surface area contributed by atoms with Crippen LogP contribution in [0.2, 0.25) is 0 Å². The van der Waals surface area contributed by atoms with Gasteiger partial charge in [-0.2, -0.15) is 0 Å². The summed E-state index contributed by atoms with van der Waals surface area (Å²) < 4.78 is 10.1. The van der Waals surface area contributed by atoms with Crippen molar-refractivity contribution in [1.29, 1.82) is 0 Å². The van der Waals surface area contributed by atoms with Crippen LogP contribution < -0.4 is 5.56 Å². The maximum atomic E-state index is 13.7. The maximum absolute atomic E-state index is 13.7. The molecule has 0 fully saturated rings. The highest BCUT2D eigenvalue weighted by Crippen LogP contribution is 2.36. The van der Waals surface area contributed by atoms with Gasteiger partial charge in [-0.25, -0.2) is 14.1 Å². The van der Waals surface area contributed by atoms with Crippen LogP contribution in [0.15, 0.2) is 29.1 Å². The lowest BCUT2D eigenvalue weighted by molar-refractivity contribution is 0.00200. The number of hydrogen-bond acceptors (Lipinski definition) is 5. The van der Waals surface area contributed by atoms with Crippen molar-refractivity contribution in [2.75, 3.05) is 0 Å². The van der Waals surface area contributed by atoms with E-state index >= 15 is 0 Å². The van der Waals surface area contributed by atoms with Gasteiger partial charge in [-0.15, -0.1) is 16.4 Å². The minimum Gasteiger partial charge on any atom is -0.372 e. The number of thiophene rings is 1. The summed E-state index contributed by atoms with van der Waals surface area (Å²) in [6, 6.07) is 7.88. The molecule has 4 heterocycles. The molecular formula is C20H20N4O2S2. The summed E-state index contributed by atoms with van der Waals surface area (Å²) in [5, 5.41) is 7.96. The van der Waals surface area contributed by atoms with Crippen LogP contribution >= 0.6 is 23.6 Å². The number of nitrogens with one attached hydrogen (secondary N) is 1. The average molecular weight is 413 g/mol. The normalized spacial score (nSPS) is 16.9. The van der Waals surface area contributed by atoms with Gasteiger partial charge in [0.2, 0.25) is 10.5 Å². The first-order valence-electron chi connectivity index (χ1n) is 9.30. The summed E-state index contributed by atoms with van der Waals surface area (Å²) in [7, 11) is 0. The lowest BCUT2D eigenvalue weighted by atomic mass is 9.96. The molecule has 8 heteroatoms. The number of aromatic nitrogens is 4. The summed E-state index contributed by atoms with van der Waals surface area (Å²) >= 11 is 7.08. The standard InChI is InChI=1S/C20H20N4O2S2/c1-10(2)14-8-13-15(9-26-14)28-18-16(13)17(25)23(12-6-4-5-11(3)7-12)19-21-22-20(27)24(18)19/h4-7,10,14H,8-9H2,1-3H3,(H,22,27). The lowest BCUT2D eigenvalue weighted by Gasteiger charge is -2.26. The van der Waals surface area contributed by atoms with Crippen molar-refractivity contribution in [2.45, 2.75) is 39.9 Å². The third-order valence-electron chi connectivity index (χ3n) is 5.38. The Bertz CT molecular complexity index is 1340. The van der Waals surface area contributed by atoms with Crippen LogP contribution in [0.25, 0.3) is 21.7 Å². The Morgan fingerprint density at radius 2 is 2.21 bits per heavy atom. The fraction of sp³-hybridized carbons (Fsp3) is 0.350. The van der Waals surface area contributed by atoms with E-state index in [1.165, 1.54) is 0 Å². The van der Waals surface area contributed by atoms with Gasteiger partial charge < -0.3 is 4.74 Å². The van der Waals surface area contributed by atoms with E-state index in [4.69, 9.17) is 17.0 Å². The highest BCUT2D eigenvalue weighted by atomic mass is 32.1. The quantitative estimate of drug-likeness (QED) is 0.502. The second-order valence-corrected chi connectivity index (χ2v) is 9.10. The summed E-state index contributed by atoms with van der Waals surface area (Å²) in [6.07, 6.45) is 0.859. The first-order chi connectivity index (χ1) is 13.5. The Labute approximate surface area is 170 Å². The Morgan fingerprint density at radius 3 is 2.96 bits per heavy atom. The van der Waals surface area contributed by atoms with E-state index in [1.54, 1.807) is 15.9 Å². The maximum Gasteiger partial charge on any atom is 0.268 e. The predicted molar refractivity (Wildman–Crippen MR) is 113 cm³/mol. The van der Waals surface area contributed by atoms with E-state index in [-0.39, 0.29) is 11.7 Å². The summed E-state index contributed by atoms with van der Waals surface area (Å²) in [5.41, 5.74) is 2.92. The number of nitrogens with zero attached hydrogens (tertiary/aromatic N) is 3. The zero-order valence-corrected chi connectivity index (χ0v) is 17.5. The lowest BCUT2D eigenvalue weighted by Crippen LogP contribution is -2.28. The molecule has 0 bridgehead atoms. The third-order valence-corrected chi connectivity index (χ3v) is 6.85. The molecule has 0 radical (unpaired) electrons. The summed E-state index contributed by atoms with van der Waals surface area (Å²) in [5.74, 6) is 0.898. The molecule has 4 aromatic rings. The smallest absolute Gasteiger partial charge is 0.268 e. The molecule has 1 aromatic carbocycles. The number of hydrogen-bond donors (Lipinski definition) is 1. The van der Waals surface area contributed by atoms with Crippen LogP contribution in [-0.4, -0.2) is 25.3 Å². The van der Waals surface area contributed by atoms with E-state index < -0.39 is 0 Å². The van der Waals surface area contributed by atoms with Crippen LogP contribution in [-0.2, 0) is 17.8 Å². The minimum absolute atomic E-state index is 0.0518. The van der Waals surface area contributed by atoms with E-state index in [0.717, 1.165) is 38.3 Å². The Morgan fingerprint density at radius 1 is 1.39 bits per heavy atom. The average Bonchev–Trinajstić information content (AvgIpc) is 3.22. The number of H-pyrrole nitrogens is 1. The topological polar surface area (TPSA) is 64.3 Å². The van der Waals surface area contributed by atoms with Gasteiger partial charge in [-0.1, -0.05) is 26.0 Å². The van der Waals surface area contributed by atoms with Gasteiger partial charge >= 0.3 is 0 Å². The second kappa shape index (κ2) is 6.37. The highest BCUT2D eigenvalue weighted by Gasteiger charge is 2.29. The van der Waals surface area contributed by atoms with Gasteiger partial charge in [0, 0.05) is 11.3 Å². The fourth-order valence-electron chi connectivity index (χ4n) is 3.90. The number of benzene rings is 1. The Hall–Kier alpha value is -2.29. The molecule has 6 nitrogen and oxygen atoms in total. The Kier molecular flexibility index (Phi) is 4.04. The van der Waals surface area contributed by atoms with E-state index in [9.17, 15) is 4.79 Å². The number of aromatic amines is 1. The Balaban J connectivity index is 1.91. The third kappa shape index (κ3) is 2.52. The largest absolute Gasteiger partial charge is 0.372 e. The zero-order chi connectivity index (χ0) is 19.6. The van der Waals surface area contributed by atoms with Crippen molar-refractivity contribution >= 4 is 39.5 Å². The molecule has 1 N–H and O–H groups in total. The minimum atomic E-state index is -0.0518. The van der Waals surface area contributed by atoms with Gasteiger partial charge in [0.1, 0.15) is 4.83 Å². The van der Waals surface area contributed by atoms with Gasteiger partial charge in [-0.3, -0.25) is 4.79 Å². The van der Waals surface area contributed by atoms with E-state index in [1.807, 2.05) is 35.6 Å². The SMILES string of the molecule is Cc1cccc(-n2c(=O)c3c4c(sc3n3c(=S)[nH]nc23)COC(C(C)C)C4)c1. The number of ether oxygens (including phenoxy) is 1. The van der Waals surface area contributed by atoms with Gasteiger partial charge in [0.15, 0.2) is 0 Å². The molecule has 1 aliphatic rings. The van der Waals surface area contributed by atoms with E-state index in [2.05, 4.69) is 24.0 Å². The molecule has 28 heavy (non-hydrogen) atoms. The van der Waals surface area contributed by atoms with Crippen molar-refractivity contribution in [3.05, 3.63) is 55.4 Å². The molecule has 5 rings (SSSR count). The van der Waals surface area contributed by atoms with Crippen molar-refractivity contribution in [2.24, 2.45) is 5.92 Å². The number of rotatable bonds is 2. The molecule has 0 saturated carbocycles. The number of fused-ring (bicyclic) bond motifs is 5. The fourth-order valence-corrected chi connectivity index (χ4v) is 5.43. The van der Waals surface area contributed by atoms with Crippen molar-refractivity contribution in [3.63, 3.8) is 0 Å². The molecule has 0 spiro atoms. The van der Waals surface area contributed by atoms with Crippen molar-refractivity contribution < 1.29 is 4.74 Å².